The molecule has 5 heteroatoms. The zero-order valence-corrected chi connectivity index (χ0v) is 10.6. The lowest BCUT2D eigenvalue weighted by atomic mass is 10.1. The first-order chi connectivity index (χ1) is 9.11. The van der Waals surface area contributed by atoms with Crippen LogP contribution in [0.15, 0.2) is 30.5 Å². The van der Waals surface area contributed by atoms with Gasteiger partial charge >= 0.3 is 5.97 Å². The monoisotopic (exact) mass is 257 g/mol. The molecule has 98 valence electrons. The molecule has 0 aliphatic heterocycles. The van der Waals surface area contributed by atoms with Gasteiger partial charge < -0.3 is 10.8 Å². The predicted octanol–water partition coefficient (Wildman–Crippen LogP) is 2.38. The van der Waals surface area contributed by atoms with Gasteiger partial charge in [-0.25, -0.2) is 14.8 Å². The molecular formula is C14H15N3O2. The second-order valence-corrected chi connectivity index (χ2v) is 4.24. The third-order valence-corrected chi connectivity index (χ3v) is 2.79. The largest absolute Gasteiger partial charge is 0.476 e. The van der Waals surface area contributed by atoms with Crippen LogP contribution in [-0.4, -0.2) is 21.0 Å². The van der Waals surface area contributed by atoms with E-state index in [9.17, 15) is 4.79 Å². The van der Waals surface area contributed by atoms with Gasteiger partial charge in [-0.2, -0.15) is 0 Å². The van der Waals surface area contributed by atoms with E-state index in [-0.39, 0.29) is 11.5 Å². The molecule has 0 fully saturated rings. The molecule has 0 spiro atoms. The lowest BCUT2D eigenvalue weighted by Gasteiger charge is -2.05. The number of aromatic nitrogens is 2. The van der Waals surface area contributed by atoms with E-state index >= 15 is 0 Å². The minimum Gasteiger partial charge on any atom is -0.476 e. The second-order valence-electron chi connectivity index (χ2n) is 4.24. The van der Waals surface area contributed by atoms with Crippen LogP contribution in [0.1, 0.15) is 29.4 Å². The molecule has 3 N–H and O–H groups in total. The van der Waals surface area contributed by atoms with Crippen LogP contribution in [0.3, 0.4) is 0 Å². The summed E-state index contributed by atoms with van der Waals surface area (Å²) < 4.78 is 0. The molecule has 0 amide bonds. The zero-order valence-electron chi connectivity index (χ0n) is 10.6. The molecule has 1 aromatic carbocycles. The van der Waals surface area contributed by atoms with E-state index in [1.807, 2.05) is 24.3 Å². The first-order valence-electron chi connectivity index (χ1n) is 6.07. The first-order valence-corrected chi connectivity index (χ1v) is 6.07. The third kappa shape index (κ3) is 2.88. The highest BCUT2D eigenvalue weighted by atomic mass is 16.4. The van der Waals surface area contributed by atoms with Crippen molar-refractivity contribution in [3.8, 4) is 11.3 Å². The van der Waals surface area contributed by atoms with Gasteiger partial charge in [0.2, 0.25) is 0 Å². The molecule has 2 rings (SSSR count). The number of rotatable bonds is 4. The van der Waals surface area contributed by atoms with Crippen LogP contribution < -0.4 is 5.73 Å². The number of hydrogen-bond donors (Lipinski definition) is 2. The maximum Gasteiger partial charge on any atom is 0.358 e. The van der Waals surface area contributed by atoms with Gasteiger partial charge in [-0.3, -0.25) is 0 Å². The lowest BCUT2D eigenvalue weighted by Crippen LogP contribution is -2.08. The number of benzene rings is 1. The third-order valence-electron chi connectivity index (χ3n) is 2.79. The van der Waals surface area contributed by atoms with Crippen molar-refractivity contribution in [1.29, 1.82) is 0 Å². The molecule has 1 heterocycles. The van der Waals surface area contributed by atoms with E-state index in [1.54, 1.807) is 0 Å². The molecule has 2 aromatic rings. The van der Waals surface area contributed by atoms with E-state index in [1.165, 1.54) is 11.8 Å². The van der Waals surface area contributed by atoms with E-state index in [0.29, 0.717) is 5.69 Å². The minimum absolute atomic E-state index is 0.0705. The highest BCUT2D eigenvalue weighted by Gasteiger charge is 2.12. The fourth-order valence-electron chi connectivity index (χ4n) is 1.83. The number of aryl methyl sites for hydroxylation is 1. The van der Waals surface area contributed by atoms with Gasteiger partial charge in [-0.1, -0.05) is 37.6 Å². The molecule has 0 unspecified atom stereocenters. The molecule has 0 radical (unpaired) electrons. The molecule has 0 saturated heterocycles. The quantitative estimate of drug-likeness (QED) is 0.877. The first kappa shape index (κ1) is 13.0. The minimum atomic E-state index is -1.17. The van der Waals surface area contributed by atoms with Gasteiger partial charge in [0.15, 0.2) is 11.5 Å². The molecule has 0 aliphatic carbocycles. The standard InChI is InChI=1S/C14H15N3O2/c1-2-3-9-4-6-10(7-5-9)11-8-16-13(15)12(17-11)14(18)19/h4-8H,2-3H2,1H3,(H2,15,16)(H,18,19). The fraction of sp³-hybridized carbons (Fsp3) is 0.214. The Morgan fingerprint density at radius 1 is 1.32 bits per heavy atom. The Hall–Kier alpha value is -2.43. The molecule has 0 saturated carbocycles. The van der Waals surface area contributed by atoms with Crippen molar-refractivity contribution < 1.29 is 9.90 Å². The van der Waals surface area contributed by atoms with Crippen LogP contribution in [0, 0.1) is 0 Å². The van der Waals surface area contributed by atoms with Crippen LogP contribution in [0.5, 0.6) is 0 Å². The second kappa shape index (κ2) is 5.48. The molecule has 1 aromatic heterocycles. The van der Waals surface area contributed by atoms with Crippen LogP contribution in [0.4, 0.5) is 5.82 Å². The van der Waals surface area contributed by atoms with Crippen LogP contribution in [0.25, 0.3) is 11.3 Å². The van der Waals surface area contributed by atoms with Crippen molar-refractivity contribution in [3.63, 3.8) is 0 Å². The highest BCUT2D eigenvalue weighted by molar-refractivity contribution is 5.90. The number of nitrogens with two attached hydrogens (primary N) is 1. The van der Waals surface area contributed by atoms with Crippen molar-refractivity contribution in [3.05, 3.63) is 41.7 Å². The Labute approximate surface area is 111 Å². The van der Waals surface area contributed by atoms with Crippen molar-refractivity contribution in [2.45, 2.75) is 19.8 Å². The number of hydrogen-bond acceptors (Lipinski definition) is 4. The summed E-state index contributed by atoms with van der Waals surface area (Å²) in [6.45, 7) is 2.12. The normalized spacial score (nSPS) is 10.4. The zero-order chi connectivity index (χ0) is 13.8. The van der Waals surface area contributed by atoms with E-state index in [2.05, 4.69) is 16.9 Å². The topological polar surface area (TPSA) is 89.1 Å². The number of anilines is 1. The van der Waals surface area contributed by atoms with E-state index < -0.39 is 5.97 Å². The average molecular weight is 257 g/mol. The lowest BCUT2D eigenvalue weighted by molar-refractivity contribution is 0.0691. The van der Waals surface area contributed by atoms with Crippen LogP contribution in [-0.2, 0) is 6.42 Å². The number of carbonyl (C=O) groups is 1. The molecule has 5 nitrogen and oxygen atoms in total. The van der Waals surface area contributed by atoms with E-state index in [0.717, 1.165) is 18.4 Å². The van der Waals surface area contributed by atoms with Crippen LogP contribution >= 0.6 is 0 Å². The summed E-state index contributed by atoms with van der Waals surface area (Å²) in [4.78, 5) is 18.9. The predicted molar refractivity (Wildman–Crippen MR) is 72.8 cm³/mol. The highest BCUT2D eigenvalue weighted by Crippen LogP contribution is 2.19. The number of nitrogens with zero attached hydrogens (tertiary/aromatic N) is 2. The SMILES string of the molecule is CCCc1ccc(-c2cnc(N)c(C(=O)O)n2)cc1. The molecule has 0 bridgehead atoms. The number of nitrogen functional groups attached to an aromatic ring is 1. The van der Waals surface area contributed by atoms with Crippen molar-refractivity contribution in [2.75, 3.05) is 5.73 Å². The van der Waals surface area contributed by atoms with Crippen molar-refractivity contribution in [2.24, 2.45) is 0 Å². The van der Waals surface area contributed by atoms with Gasteiger partial charge in [-0.15, -0.1) is 0 Å². The Morgan fingerprint density at radius 3 is 2.58 bits per heavy atom. The summed E-state index contributed by atoms with van der Waals surface area (Å²) in [5.74, 6) is -1.24. The fourth-order valence-corrected chi connectivity index (χ4v) is 1.83. The Bertz CT molecular complexity index is 594. The summed E-state index contributed by atoms with van der Waals surface area (Å²) in [6.07, 6.45) is 3.59. The van der Waals surface area contributed by atoms with E-state index in [4.69, 9.17) is 10.8 Å². The smallest absolute Gasteiger partial charge is 0.358 e. The van der Waals surface area contributed by atoms with Gasteiger partial charge in [0, 0.05) is 5.56 Å². The Morgan fingerprint density at radius 2 is 2.00 bits per heavy atom. The number of aromatic carboxylic acids is 1. The van der Waals surface area contributed by atoms with Crippen molar-refractivity contribution in [1.82, 2.24) is 9.97 Å². The number of carboxylic acids is 1. The van der Waals surface area contributed by atoms with Gasteiger partial charge in [-0.05, 0) is 12.0 Å². The summed E-state index contributed by atoms with van der Waals surface area (Å²) in [6, 6.07) is 7.85. The summed E-state index contributed by atoms with van der Waals surface area (Å²) >= 11 is 0. The number of carboxylic acid groups (broad SMARTS) is 1. The van der Waals surface area contributed by atoms with Crippen molar-refractivity contribution >= 4 is 11.8 Å². The van der Waals surface area contributed by atoms with Gasteiger partial charge in [0.25, 0.3) is 0 Å². The average Bonchev–Trinajstić information content (AvgIpc) is 2.40. The Kier molecular flexibility index (Phi) is 3.75. The van der Waals surface area contributed by atoms with Gasteiger partial charge in [0.1, 0.15) is 0 Å². The molecule has 19 heavy (non-hydrogen) atoms. The summed E-state index contributed by atoms with van der Waals surface area (Å²) in [7, 11) is 0. The van der Waals surface area contributed by atoms with Gasteiger partial charge in [0.05, 0.1) is 11.9 Å². The van der Waals surface area contributed by atoms with Crippen LogP contribution in [0.2, 0.25) is 0 Å². The molecule has 0 aliphatic rings. The summed E-state index contributed by atoms with van der Waals surface area (Å²) in [5.41, 5.74) is 7.85. The summed E-state index contributed by atoms with van der Waals surface area (Å²) in [5, 5.41) is 8.97. The maximum atomic E-state index is 11.0. The Balaban J connectivity index is 2.36. The molecular weight excluding hydrogens is 242 g/mol. The maximum absolute atomic E-state index is 11.0. The molecule has 0 atom stereocenters.